The van der Waals surface area contributed by atoms with Gasteiger partial charge < -0.3 is 9.32 Å². The predicted octanol–water partition coefficient (Wildman–Crippen LogP) is 16.7. The molecule has 2 heteroatoms. The van der Waals surface area contributed by atoms with Crippen LogP contribution < -0.4 is 4.90 Å². The molecule has 0 bridgehead atoms. The van der Waals surface area contributed by atoms with Gasteiger partial charge in [-0.05, 0) is 119 Å². The maximum atomic E-state index is 6.45. The Morgan fingerprint density at radius 2 is 0.783 bits per heavy atom. The Balaban J connectivity index is 0.976. The molecule has 0 aliphatic heterocycles. The van der Waals surface area contributed by atoms with Crippen LogP contribution in [-0.2, 0) is 0 Å². The number of benzene rings is 11. The van der Waals surface area contributed by atoms with Crippen molar-refractivity contribution in [1.82, 2.24) is 0 Å². The van der Waals surface area contributed by atoms with E-state index >= 15 is 0 Å². The number of nitrogens with zero attached hydrogens (tertiary/aromatic N) is 1. The summed E-state index contributed by atoms with van der Waals surface area (Å²) in [6.45, 7) is 0. The van der Waals surface area contributed by atoms with Crippen molar-refractivity contribution in [2.75, 3.05) is 4.90 Å². The average molecular weight is 764 g/mol. The van der Waals surface area contributed by atoms with E-state index in [0.29, 0.717) is 0 Å². The third-order valence-electron chi connectivity index (χ3n) is 12.2. The summed E-state index contributed by atoms with van der Waals surface area (Å²) in [5, 5.41) is 12.3. The Bertz CT molecular complexity index is 3600. The number of furan rings is 1. The molecular weight excluding hydrogens is 727 g/mol. The molecule has 2 nitrogen and oxygen atoms in total. The summed E-state index contributed by atoms with van der Waals surface area (Å²) in [5.74, 6) is 0. The molecule has 12 aromatic rings. The largest absolute Gasteiger partial charge is 0.456 e. The molecule has 11 aromatic carbocycles. The molecule has 0 fully saturated rings. The number of hydrogen-bond acceptors (Lipinski definition) is 2. The van der Waals surface area contributed by atoms with Crippen molar-refractivity contribution in [3.63, 3.8) is 0 Å². The highest BCUT2D eigenvalue weighted by molar-refractivity contribution is 6.14. The summed E-state index contributed by atoms with van der Waals surface area (Å²) in [6.07, 6.45) is 0. The van der Waals surface area contributed by atoms with Crippen LogP contribution in [0.2, 0.25) is 0 Å². The van der Waals surface area contributed by atoms with Crippen molar-refractivity contribution in [3.8, 4) is 33.4 Å². The quantitative estimate of drug-likeness (QED) is 0.157. The number of para-hydroxylation sites is 2. The highest BCUT2D eigenvalue weighted by Crippen LogP contribution is 2.46. The molecule has 0 aliphatic carbocycles. The first-order chi connectivity index (χ1) is 29.7. The van der Waals surface area contributed by atoms with Crippen molar-refractivity contribution < 1.29 is 4.42 Å². The molecule has 0 aliphatic rings. The van der Waals surface area contributed by atoms with Gasteiger partial charge in [-0.2, -0.15) is 0 Å². The maximum Gasteiger partial charge on any atom is 0.137 e. The zero-order chi connectivity index (χ0) is 39.6. The minimum absolute atomic E-state index is 0.865. The van der Waals surface area contributed by atoms with Crippen LogP contribution in [0.3, 0.4) is 0 Å². The first-order valence-electron chi connectivity index (χ1n) is 20.6. The zero-order valence-electron chi connectivity index (χ0n) is 32.7. The van der Waals surface area contributed by atoms with Crippen LogP contribution in [0.5, 0.6) is 0 Å². The Morgan fingerprint density at radius 3 is 1.57 bits per heavy atom. The Morgan fingerprint density at radius 1 is 0.283 bits per heavy atom. The lowest BCUT2D eigenvalue weighted by Gasteiger charge is -2.28. The standard InChI is InChI=1S/C58H37NO/c1-3-12-48-40(10-1)27-29-46-36-44(32-35-50(46)48)39-30-33-47(34-31-39)59(55-17-9-19-57-58(55)52-15-6-8-18-56(52)60-57)54-16-7-5-14-51(54)42-22-20-38(21-23-42)45-28-26-43-25-24-41-11-2-4-13-49(41)53(43)37-45/h1-37H. The van der Waals surface area contributed by atoms with Crippen LogP contribution >= 0.6 is 0 Å². The van der Waals surface area contributed by atoms with Crippen molar-refractivity contribution in [2.45, 2.75) is 0 Å². The molecule has 280 valence electrons. The Kier molecular flexibility index (Phi) is 7.89. The lowest BCUT2D eigenvalue weighted by Crippen LogP contribution is -2.11. The molecule has 1 aromatic heterocycles. The van der Waals surface area contributed by atoms with E-state index in [-0.39, 0.29) is 0 Å². The first-order valence-corrected chi connectivity index (χ1v) is 20.6. The second-order valence-corrected chi connectivity index (χ2v) is 15.7. The van der Waals surface area contributed by atoms with Gasteiger partial charge in [-0.3, -0.25) is 0 Å². The van der Waals surface area contributed by atoms with Crippen molar-refractivity contribution in [1.29, 1.82) is 0 Å². The van der Waals surface area contributed by atoms with E-state index in [2.05, 4.69) is 223 Å². The third kappa shape index (κ3) is 5.65. The van der Waals surface area contributed by atoms with Gasteiger partial charge >= 0.3 is 0 Å². The summed E-state index contributed by atoms with van der Waals surface area (Å²) in [4.78, 5) is 2.40. The van der Waals surface area contributed by atoms with E-state index < -0.39 is 0 Å². The normalized spacial score (nSPS) is 11.7. The van der Waals surface area contributed by atoms with Gasteiger partial charge in [-0.25, -0.2) is 0 Å². The lowest BCUT2D eigenvalue weighted by atomic mass is 9.95. The van der Waals surface area contributed by atoms with Crippen molar-refractivity contribution >= 4 is 82.1 Å². The molecule has 12 rings (SSSR count). The summed E-state index contributed by atoms with van der Waals surface area (Å²) in [5.41, 5.74) is 12.0. The highest BCUT2D eigenvalue weighted by atomic mass is 16.3. The van der Waals surface area contributed by atoms with Gasteiger partial charge in [0, 0.05) is 16.6 Å². The topological polar surface area (TPSA) is 16.4 Å². The minimum atomic E-state index is 0.865. The van der Waals surface area contributed by atoms with Crippen molar-refractivity contribution in [3.05, 3.63) is 224 Å². The first kappa shape index (κ1) is 34.1. The number of fused-ring (bicyclic) bond motifs is 9. The number of anilines is 3. The number of rotatable bonds is 6. The number of hydrogen-bond donors (Lipinski definition) is 0. The van der Waals surface area contributed by atoms with E-state index in [9.17, 15) is 0 Å². The van der Waals surface area contributed by atoms with Crippen LogP contribution in [0.1, 0.15) is 0 Å². The van der Waals surface area contributed by atoms with Crippen molar-refractivity contribution in [2.24, 2.45) is 0 Å². The van der Waals surface area contributed by atoms with Gasteiger partial charge in [0.05, 0.1) is 16.8 Å². The fourth-order valence-electron chi connectivity index (χ4n) is 9.28. The van der Waals surface area contributed by atoms with Crippen LogP contribution in [-0.4, -0.2) is 0 Å². The third-order valence-corrected chi connectivity index (χ3v) is 12.2. The van der Waals surface area contributed by atoms with E-state index in [4.69, 9.17) is 4.42 Å². The predicted molar refractivity (Wildman–Crippen MR) is 255 cm³/mol. The summed E-state index contributed by atoms with van der Waals surface area (Å²) in [6, 6.07) is 81.3. The summed E-state index contributed by atoms with van der Waals surface area (Å²) in [7, 11) is 0. The lowest BCUT2D eigenvalue weighted by molar-refractivity contribution is 0.669. The fourth-order valence-corrected chi connectivity index (χ4v) is 9.28. The van der Waals surface area contributed by atoms with Gasteiger partial charge in [0.25, 0.3) is 0 Å². The summed E-state index contributed by atoms with van der Waals surface area (Å²) < 4.78 is 6.45. The molecule has 0 unspecified atom stereocenters. The molecule has 0 saturated carbocycles. The second kappa shape index (κ2) is 13.9. The molecular formula is C58H37NO. The van der Waals surface area contributed by atoms with E-state index in [1.807, 2.05) is 6.07 Å². The second-order valence-electron chi connectivity index (χ2n) is 15.7. The monoisotopic (exact) mass is 763 g/mol. The fraction of sp³-hybridized carbons (Fsp3) is 0. The molecule has 0 radical (unpaired) electrons. The molecule has 0 amide bonds. The Labute approximate surface area is 347 Å². The van der Waals surface area contributed by atoms with E-state index in [0.717, 1.165) is 50.1 Å². The van der Waals surface area contributed by atoms with Gasteiger partial charge in [-0.1, -0.05) is 176 Å². The minimum Gasteiger partial charge on any atom is -0.456 e. The molecule has 0 saturated heterocycles. The highest BCUT2D eigenvalue weighted by Gasteiger charge is 2.22. The SMILES string of the molecule is c1ccc(N(c2ccc(-c3ccc4c(ccc5ccccc54)c3)cc2)c2cccc3oc4ccccc4c23)c(-c2ccc(-c3ccc4ccc5ccccc5c4c3)cc2)c1. The average Bonchev–Trinajstić information content (AvgIpc) is 3.71. The van der Waals surface area contributed by atoms with Gasteiger partial charge in [0.15, 0.2) is 0 Å². The van der Waals surface area contributed by atoms with Gasteiger partial charge in [0.1, 0.15) is 11.2 Å². The van der Waals surface area contributed by atoms with E-state index in [1.54, 1.807) is 0 Å². The van der Waals surface area contributed by atoms with Gasteiger partial charge in [0.2, 0.25) is 0 Å². The van der Waals surface area contributed by atoms with E-state index in [1.165, 1.54) is 65.3 Å². The summed E-state index contributed by atoms with van der Waals surface area (Å²) >= 11 is 0. The maximum absolute atomic E-state index is 6.45. The molecule has 0 atom stereocenters. The Hall–Kier alpha value is -7.94. The van der Waals surface area contributed by atoms with Crippen LogP contribution in [0.25, 0.3) is 98.4 Å². The molecule has 0 N–H and O–H groups in total. The van der Waals surface area contributed by atoms with Crippen LogP contribution in [0.15, 0.2) is 229 Å². The molecule has 1 heterocycles. The molecule has 60 heavy (non-hydrogen) atoms. The zero-order valence-corrected chi connectivity index (χ0v) is 32.7. The molecule has 0 spiro atoms. The smallest absolute Gasteiger partial charge is 0.137 e. The van der Waals surface area contributed by atoms with Crippen LogP contribution in [0.4, 0.5) is 17.1 Å². The van der Waals surface area contributed by atoms with Gasteiger partial charge in [-0.15, -0.1) is 0 Å². The van der Waals surface area contributed by atoms with Crippen LogP contribution in [0, 0.1) is 0 Å².